The van der Waals surface area contributed by atoms with E-state index in [0.29, 0.717) is 11.4 Å². The standard InChI is InChI=1S/C26H28FN7O2/c1-16-18(27)4-5-19(31-16)22-23(17-3-6-20-29-15-30-34(20)14-17)33-12-11-25(24(33)32-22)7-9-26(28,10-8-25)13-21(35)36-2/h3-6,14-15H,7-13,28H2,1-2H3. The number of aryl methyl sites for hydroxylation is 1. The summed E-state index contributed by atoms with van der Waals surface area (Å²) in [6.07, 6.45) is 7.77. The third kappa shape index (κ3) is 3.59. The Morgan fingerprint density at radius 1 is 1.14 bits per heavy atom. The lowest BCUT2D eigenvalue weighted by Crippen LogP contribution is -2.48. The maximum atomic E-state index is 14.1. The minimum Gasteiger partial charge on any atom is -0.469 e. The highest BCUT2D eigenvalue weighted by molar-refractivity contribution is 5.78. The lowest BCUT2D eigenvalue weighted by Gasteiger charge is -2.41. The molecule has 186 valence electrons. The molecule has 10 heteroatoms. The van der Waals surface area contributed by atoms with Crippen LogP contribution in [0, 0.1) is 12.7 Å². The van der Waals surface area contributed by atoms with Gasteiger partial charge in [0.2, 0.25) is 0 Å². The first-order valence-electron chi connectivity index (χ1n) is 12.2. The van der Waals surface area contributed by atoms with Crippen molar-refractivity contribution in [1.29, 1.82) is 0 Å². The number of ether oxygens (including phenoxy) is 1. The third-order valence-electron chi connectivity index (χ3n) is 7.99. The molecule has 0 unspecified atom stereocenters. The van der Waals surface area contributed by atoms with E-state index in [0.717, 1.165) is 67.1 Å². The quantitative estimate of drug-likeness (QED) is 0.436. The molecule has 0 amide bonds. The molecule has 5 heterocycles. The molecule has 2 N–H and O–H groups in total. The van der Waals surface area contributed by atoms with Crippen molar-refractivity contribution in [3.8, 4) is 22.6 Å². The van der Waals surface area contributed by atoms with Gasteiger partial charge in [-0.2, -0.15) is 5.10 Å². The Labute approximate surface area is 207 Å². The monoisotopic (exact) mass is 489 g/mol. The number of halogens is 1. The van der Waals surface area contributed by atoms with Crippen molar-refractivity contribution >= 4 is 11.6 Å². The molecule has 2 aliphatic rings. The third-order valence-corrected chi connectivity index (χ3v) is 7.99. The van der Waals surface area contributed by atoms with Crippen molar-refractivity contribution in [1.82, 2.24) is 29.1 Å². The number of methoxy groups -OCH3 is 1. The van der Waals surface area contributed by atoms with Gasteiger partial charge in [0.1, 0.15) is 23.7 Å². The Morgan fingerprint density at radius 3 is 2.69 bits per heavy atom. The van der Waals surface area contributed by atoms with Crippen LogP contribution in [0.15, 0.2) is 36.8 Å². The van der Waals surface area contributed by atoms with Gasteiger partial charge in [0.15, 0.2) is 5.65 Å². The number of hydrogen-bond donors (Lipinski definition) is 1. The van der Waals surface area contributed by atoms with Gasteiger partial charge in [-0.05, 0) is 63.3 Å². The fourth-order valence-electron chi connectivity index (χ4n) is 5.85. The second-order valence-corrected chi connectivity index (χ2v) is 10.2. The van der Waals surface area contributed by atoms with E-state index in [1.165, 1.54) is 19.5 Å². The summed E-state index contributed by atoms with van der Waals surface area (Å²) in [6.45, 7) is 2.47. The number of nitrogens with zero attached hydrogens (tertiary/aromatic N) is 6. The van der Waals surface area contributed by atoms with Crippen LogP contribution in [-0.4, -0.2) is 47.8 Å². The van der Waals surface area contributed by atoms with E-state index in [9.17, 15) is 9.18 Å². The topological polar surface area (TPSA) is 113 Å². The van der Waals surface area contributed by atoms with Crippen LogP contribution in [0.3, 0.4) is 0 Å². The van der Waals surface area contributed by atoms with Crippen LogP contribution in [0.1, 0.15) is 50.0 Å². The maximum Gasteiger partial charge on any atom is 0.307 e. The number of rotatable bonds is 4. The fourth-order valence-corrected chi connectivity index (χ4v) is 5.85. The van der Waals surface area contributed by atoms with E-state index in [-0.39, 0.29) is 23.6 Å². The summed E-state index contributed by atoms with van der Waals surface area (Å²) in [7, 11) is 1.40. The van der Waals surface area contributed by atoms with Gasteiger partial charge in [-0.3, -0.25) is 4.79 Å². The second-order valence-electron chi connectivity index (χ2n) is 10.2. The average molecular weight is 490 g/mol. The lowest BCUT2D eigenvalue weighted by atomic mass is 9.65. The Kier molecular flexibility index (Phi) is 5.18. The predicted molar refractivity (Wildman–Crippen MR) is 130 cm³/mol. The Morgan fingerprint density at radius 2 is 1.94 bits per heavy atom. The van der Waals surface area contributed by atoms with Gasteiger partial charge >= 0.3 is 5.97 Å². The molecule has 1 spiro atoms. The molecular weight excluding hydrogens is 461 g/mol. The van der Waals surface area contributed by atoms with E-state index in [2.05, 4.69) is 19.6 Å². The van der Waals surface area contributed by atoms with Gasteiger partial charge in [0.05, 0.1) is 30.6 Å². The molecule has 0 atom stereocenters. The van der Waals surface area contributed by atoms with Gasteiger partial charge in [0, 0.05) is 29.3 Å². The molecule has 0 radical (unpaired) electrons. The molecule has 6 rings (SSSR count). The van der Waals surface area contributed by atoms with Crippen molar-refractivity contribution in [2.45, 2.75) is 62.9 Å². The number of pyridine rings is 2. The van der Waals surface area contributed by atoms with E-state index in [4.69, 9.17) is 15.5 Å². The van der Waals surface area contributed by atoms with Gasteiger partial charge in [-0.15, -0.1) is 0 Å². The lowest BCUT2D eigenvalue weighted by molar-refractivity contribution is -0.142. The van der Waals surface area contributed by atoms with Crippen LogP contribution in [-0.2, 0) is 21.5 Å². The van der Waals surface area contributed by atoms with E-state index in [1.54, 1.807) is 17.5 Å². The minimum absolute atomic E-state index is 0.127. The number of carbonyl (C=O) groups is 1. The van der Waals surface area contributed by atoms with Crippen molar-refractivity contribution in [3.05, 3.63) is 54.1 Å². The number of aromatic nitrogens is 6. The summed E-state index contributed by atoms with van der Waals surface area (Å²) in [5.41, 5.74) is 10.3. The zero-order valence-electron chi connectivity index (χ0n) is 20.4. The van der Waals surface area contributed by atoms with Crippen LogP contribution in [0.25, 0.3) is 28.3 Å². The number of hydrogen-bond acceptors (Lipinski definition) is 7. The Bertz CT molecular complexity index is 1480. The maximum absolute atomic E-state index is 14.1. The molecule has 9 nitrogen and oxygen atoms in total. The predicted octanol–water partition coefficient (Wildman–Crippen LogP) is 3.58. The summed E-state index contributed by atoms with van der Waals surface area (Å²) in [5.74, 6) is 0.395. The molecule has 1 aliphatic heterocycles. The SMILES string of the molecule is COC(=O)CC1(N)CCC2(CCn3c2nc(-c2ccc(F)c(C)n2)c3-c2ccc3ncnn3c2)CC1. The van der Waals surface area contributed by atoms with Crippen LogP contribution < -0.4 is 5.73 Å². The number of fused-ring (bicyclic) bond motifs is 3. The molecule has 1 aliphatic carbocycles. The van der Waals surface area contributed by atoms with E-state index < -0.39 is 5.54 Å². The molecule has 36 heavy (non-hydrogen) atoms. The molecule has 0 saturated heterocycles. The van der Waals surface area contributed by atoms with Crippen molar-refractivity contribution in [2.24, 2.45) is 5.73 Å². The van der Waals surface area contributed by atoms with Crippen molar-refractivity contribution in [2.75, 3.05) is 7.11 Å². The first-order valence-corrected chi connectivity index (χ1v) is 12.2. The molecule has 1 saturated carbocycles. The summed E-state index contributed by atoms with van der Waals surface area (Å²) < 4.78 is 22.9. The van der Waals surface area contributed by atoms with E-state index in [1.807, 2.05) is 18.3 Å². The van der Waals surface area contributed by atoms with Crippen LogP contribution in [0.4, 0.5) is 4.39 Å². The summed E-state index contributed by atoms with van der Waals surface area (Å²) in [6, 6.07) is 7.07. The number of imidazole rings is 1. The van der Waals surface area contributed by atoms with Crippen LogP contribution in [0.5, 0.6) is 0 Å². The van der Waals surface area contributed by atoms with Gasteiger partial charge in [-0.25, -0.2) is 23.9 Å². The normalized spacial score (nSPS) is 23.3. The summed E-state index contributed by atoms with van der Waals surface area (Å²) in [5, 5.41) is 4.30. The number of esters is 1. The zero-order chi connectivity index (χ0) is 25.1. The molecule has 4 aromatic heterocycles. The van der Waals surface area contributed by atoms with Crippen molar-refractivity contribution in [3.63, 3.8) is 0 Å². The highest BCUT2D eigenvalue weighted by Crippen LogP contribution is 2.51. The van der Waals surface area contributed by atoms with Crippen LogP contribution in [0.2, 0.25) is 0 Å². The zero-order valence-corrected chi connectivity index (χ0v) is 20.4. The summed E-state index contributed by atoms with van der Waals surface area (Å²) >= 11 is 0. The van der Waals surface area contributed by atoms with Gasteiger partial charge in [0.25, 0.3) is 0 Å². The minimum atomic E-state index is -0.558. The Hall–Kier alpha value is -3.66. The smallest absolute Gasteiger partial charge is 0.307 e. The molecule has 1 fully saturated rings. The van der Waals surface area contributed by atoms with Gasteiger partial charge < -0.3 is 15.0 Å². The second kappa shape index (κ2) is 8.19. The first-order chi connectivity index (χ1) is 17.3. The fraction of sp³-hybridized carbons (Fsp3) is 0.423. The van der Waals surface area contributed by atoms with E-state index >= 15 is 0 Å². The van der Waals surface area contributed by atoms with Crippen LogP contribution >= 0.6 is 0 Å². The molecular formula is C26H28FN7O2. The number of nitrogens with two attached hydrogens (primary N) is 1. The first kappa shape index (κ1) is 22.8. The Balaban J connectivity index is 1.45. The number of carbonyl (C=O) groups excluding carboxylic acids is 1. The summed E-state index contributed by atoms with van der Waals surface area (Å²) in [4.78, 5) is 25.9. The molecule has 0 bridgehead atoms. The highest BCUT2D eigenvalue weighted by Gasteiger charge is 2.48. The van der Waals surface area contributed by atoms with Crippen molar-refractivity contribution < 1.29 is 13.9 Å². The molecule has 4 aromatic rings. The average Bonchev–Trinajstić information content (AvgIpc) is 3.57. The van der Waals surface area contributed by atoms with Gasteiger partial charge in [-0.1, -0.05) is 0 Å². The highest BCUT2D eigenvalue weighted by atomic mass is 19.1. The molecule has 0 aromatic carbocycles. The largest absolute Gasteiger partial charge is 0.469 e.